The lowest BCUT2D eigenvalue weighted by Gasteiger charge is -2.39. The molecule has 8 N–H and O–H groups in total. The van der Waals surface area contributed by atoms with E-state index < -0.39 is 24.0 Å². The first-order valence-corrected chi connectivity index (χ1v) is 27.1. The molecule has 368 valence electrons. The number of carbonyl (C=O) groups excluding carboxylic acids is 2. The van der Waals surface area contributed by atoms with Crippen LogP contribution in [0.3, 0.4) is 0 Å². The normalized spacial score (nSPS) is 25.7. The lowest BCUT2D eigenvalue weighted by Crippen LogP contribution is -2.42. The maximum atomic E-state index is 14.7. The van der Waals surface area contributed by atoms with E-state index in [0.29, 0.717) is 73.3 Å². The molecule has 2 heterocycles. The van der Waals surface area contributed by atoms with E-state index in [9.17, 15) is 40.2 Å². The average Bonchev–Trinajstić information content (AvgIpc) is 3.41. The lowest BCUT2D eigenvalue weighted by atomic mass is 9.79. The molecule has 1 saturated heterocycles. The summed E-state index contributed by atoms with van der Waals surface area (Å²) in [6, 6.07) is 16.8. The molecule has 2 fully saturated rings. The van der Waals surface area contributed by atoms with Gasteiger partial charge in [-0.15, -0.1) is 0 Å². The predicted octanol–water partition coefficient (Wildman–Crippen LogP) is 9.69. The zero-order chi connectivity index (χ0) is 48.0. The maximum absolute atomic E-state index is 14.7. The van der Waals surface area contributed by atoms with Crippen LogP contribution in [0.5, 0.6) is 17.2 Å². The molecule has 4 aromatic carbocycles. The van der Waals surface area contributed by atoms with Gasteiger partial charge in [-0.3, -0.25) is 14.9 Å². The number of aliphatic hydroxyl groups is 4. The number of nitrogens with one attached hydrogen (secondary N) is 2. The third-order valence-electron chi connectivity index (χ3n) is 15.0. The second-order valence-electron chi connectivity index (χ2n) is 19.8. The van der Waals surface area contributed by atoms with E-state index in [1.54, 1.807) is 39.8 Å². The third kappa shape index (κ3) is 11.8. The number of ketones is 2. The Morgan fingerprint density at radius 2 is 1.75 bits per heavy atom. The number of benzene rings is 4. The van der Waals surface area contributed by atoms with E-state index >= 15 is 0 Å². The molecule has 1 saturated carbocycles. The fourth-order valence-corrected chi connectivity index (χ4v) is 14.3. The number of aryl methyl sites for hydroxylation is 1. The summed E-state index contributed by atoms with van der Waals surface area (Å²) in [5, 5.41) is 75.8. The number of phenolic OH excluding ortho intramolecular Hbond substituents is 2. The number of hydrogen-bond acceptors (Lipinski definition) is 14. The van der Waals surface area contributed by atoms with Crippen LogP contribution in [0.1, 0.15) is 148 Å². The molecule has 0 unspecified atom stereocenters. The molecule has 14 heteroatoms. The standard InChI is InChI=1S/C54H70N2O10S2/c1-32(59)29-55-46-28-43-34(19-23-57)6-12-38(18-22-54(64)20-4-3-5-21-54)56-53(45(43)25-37(46)30-58)66-48-27-40(61)14-8-35-10-16-47(63)52(65-2)50(35)42-15-9-33-7-13-39(60)26-44(33)51(42)49-17-11-36(48)24-41(62)31-67-68-49/h7,9-10,13,15-16,25-26,28,34,36,38,41,48-49,53,55-58,60,62-64H,3-6,8,11-12,14,17-24,27,29-31H2,1-2H3/t34-,36+,38-,41-,48-,49-,53-/m0/s1. The van der Waals surface area contributed by atoms with Crippen LogP contribution in [-0.2, 0) is 27.4 Å². The maximum Gasteiger partial charge on any atom is 0.168 e. The number of aliphatic hydroxyl groups excluding tert-OH is 3. The van der Waals surface area contributed by atoms with Gasteiger partial charge in [0.15, 0.2) is 11.5 Å². The molecule has 2 aliphatic heterocycles. The molecule has 7 atom stereocenters. The fourth-order valence-electron chi connectivity index (χ4n) is 11.4. The highest BCUT2D eigenvalue weighted by Crippen LogP contribution is 2.53. The van der Waals surface area contributed by atoms with Crippen molar-refractivity contribution in [2.45, 2.75) is 158 Å². The van der Waals surface area contributed by atoms with Crippen LogP contribution in [-0.4, -0.2) is 92.1 Å². The molecule has 4 aromatic rings. The Labute approximate surface area is 408 Å². The summed E-state index contributed by atoms with van der Waals surface area (Å²) in [6.07, 6.45) is 8.21. The molecule has 4 aliphatic rings. The van der Waals surface area contributed by atoms with Crippen molar-refractivity contribution in [2.75, 3.05) is 31.3 Å². The van der Waals surface area contributed by atoms with Gasteiger partial charge in [0.05, 0.1) is 38.1 Å². The number of anilines is 1. The number of ether oxygens (including phenoxy) is 2. The number of aromatic hydroxyl groups is 2. The molecule has 12 nitrogen and oxygen atoms in total. The van der Waals surface area contributed by atoms with Gasteiger partial charge in [0.25, 0.3) is 0 Å². The minimum Gasteiger partial charge on any atom is -0.508 e. The van der Waals surface area contributed by atoms with Crippen LogP contribution in [0.15, 0.2) is 54.6 Å². The van der Waals surface area contributed by atoms with Crippen molar-refractivity contribution >= 4 is 49.6 Å². The van der Waals surface area contributed by atoms with Gasteiger partial charge in [-0.05, 0) is 158 Å². The number of hydrogen-bond donors (Lipinski definition) is 8. The van der Waals surface area contributed by atoms with Crippen LogP contribution >= 0.6 is 21.6 Å². The van der Waals surface area contributed by atoms with Gasteiger partial charge in [0.1, 0.15) is 23.5 Å². The molecule has 8 rings (SSSR count). The number of phenols is 2. The molecule has 2 bridgehead atoms. The average molecular weight is 971 g/mol. The van der Waals surface area contributed by atoms with Crippen molar-refractivity contribution in [3.8, 4) is 28.4 Å². The van der Waals surface area contributed by atoms with Crippen molar-refractivity contribution in [1.29, 1.82) is 0 Å². The zero-order valence-electron chi connectivity index (χ0n) is 39.5. The fraction of sp³-hybridized carbons (Fsp3) is 0.556. The van der Waals surface area contributed by atoms with Gasteiger partial charge in [-0.2, -0.15) is 0 Å². The van der Waals surface area contributed by atoms with E-state index in [-0.39, 0.29) is 78.8 Å². The number of methoxy groups -OCH3 is 1. The second-order valence-corrected chi connectivity index (χ2v) is 22.4. The van der Waals surface area contributed by atoms with Gasteiger partial charge in [-0.1, -0.05) is 65.1 Å². The molecular weight excluding hydrogens is 901 g/mol. The minimum atomic E-state index is -0.761. The molecule has 2 aliphatic carbocycles. The van der Waals surface area contributed by atoms with Gasteiger partial charge >= 0.3 is 0 Å². The summed E-state index contributed by atoms with van der Waals surface area (Å²) in [5.74, 6) is 0.489. The first-order valence-electron chi connectivity index (χ1n) is 24.7. The van der Waals surface area contributed by atoms with Crippen LogP contribution in [0.4, 0.5) is 5.69 Å². The Kier molecular flexibility index (Phi) is 17.0. The Morgan fingerprint density at radius 3 is 2.51 bits per heavy atom. The largest absolute Gasteiger partial charge is 0.508 e. The SMILES string of the molecule is COc1c(O)ccc2c1-c1ccc3ccc(O)cc3c1[C@@H]1CC[C@H](C[C@H](O)CSS1)[C@@H](O[C@@H]1N[C@H](CCC3(O)CCCCC3)CC[C@@H](CCO)c3cc(NCC(C)=O)c(CO)cc31)CC(=O)CC2. The van der Waals surface area contributed by atoms with E-state index in [0.717, 1.165) is 83.5 Å². The van der Waals surface area contributed by atoms with Crippen LogP contribution in [0, 0.1) is 5.92 Å². The minimum absolute atomic E-state index is 0.00863. The van der Waals surface area contributed by atoms with Crippen molar-refractivity contribution in [3.05, 3.63) is 82.4 Å². The smallest absolute Gasteiger partial charge is 0.168 e. The summed E-state index contributed by atoms with van der Waals surface area (Å²) in [6.45, 7) is 1.27. The summed E-state index contributed by atoms with van der Waals surface area (Å²) in [5.41, 5.74) is 5.63. The Balaban J connectivity index is 1.24. The number of fused-ring (bicyclic) bond motifs is 10. The molecular formula is C54H70N2O10S2. The number of rotatable bonds is 12. The van der Waals surface area contributed by atoms with Crippen molar-refractivity contribution in [2.24, 2.45) is 5.92 Å². The van der Waals surface area contributed by atoms with E-state index in [1.165, 1.54) is 14.0 Å². The number of carbonyl (C=O) groups is 2. The molecule has 68 heavy (non-hydrogen) atoms. The summed E-state index contributed by atoms with van der Waals surface area (Å²) >= 11 is 0. The third-order valence-corrected chi connectivity index (χ3v) is 17.9. The first kappa shape index (κ1) is 50.5. The van der Waals surface area contributed by atoms with Crippen molar-refractivity contribution in [1.82, 2.24) is 5.32 Å². The first-order chi connectivity index (χ1) is 32.9. The second kappa shape index (κ2) is 22.9. The highest BCUT2D eigenvalue weighted by molar-refractivity contribution is 8.76. The monoisotopic (exact) mass is 970 g/mol. The molecule has 0 aromatic heterocycles. The summed E-state index contributed by atoms with van der Waals surface area (Å²) in [7, 11) is 4.83. The van der Waals surface area contributed by atoms with Crippen LogP contribution < -0.4 is 15.4 Å². The quantitative estimate of drug-likeness (QED) is 0.0625. The molecule has 0 spiro atoms. The van der Waals surface area contributed by atoms with E-state index in [4.69, 9.17) is 9.47 Å². The Morgan fingerprint density at radius 1 is 0.941 bits per heavy atom. The van der Waals surface area contributed by atoms with Gasteiger partial charge in [0, 0.05) is 53.3 Å². The Bertz CT molecular complexity index is 2410. The van der Waals surface area contributed by atoms with Gasteiger partial charge in [-0.25, -0.2) is 0 Å². The van der Waals surface area contributed by atoms with Crippen LogP contribution in [0.2, 0.25) is 0 Å². The zero-order valence-corrected chi connectivity index (χ0v) is 41.1. The molecule has 0 amide bonds. The predicted molar refractivity (Wildman–Crippen MR) is 270 cm³/mol. The van der Waals surface area contributed by atoms with Crippen molar-refractivity contribution < 1.29 is 49.7 Å². The molecule has 0 radical (unpaired) electrons. The topological polar surface area (TPSA) is 198 Å². The van der Waals surface area contributed by atoms with Crippen molar-refractivity contribution in [3.63, 3.8) is 0 Å². The number of Topliss-reactive ketones (excluding diaryl/α,β-unsaturated/α-hetero) is 2. The highest BCUT2D eigenvalue weighted by atomic mass is 33.1. The van der Waals surface area contributed by atoms with Gasteiger partial charge in [0.2, 0.25) is 0 Å². The van der Waals surface area contributed by atoms with Crippen LogP contribution in [0.25, 0.3) is 21.9 Å². The summed E-state index contributed by atoms with van der Waals surface area (Å²) in [4.78, 5) is 26.8. The highest BCUT2D eigenvalue weighted by Gasteiger charge is 2.38. The van der Waals surface area contributed by atoms with E-state index in [1.807, 2.05) is 30.3 Å². The van der Waals surface area contributed by atoms with E-state index in [2.05, 4.69) is 16.7 Å². The lowest BCUT2D eigenvalue weighted by molar-refractivity contribution is -0.128. The van der Waals surface area contributed by atoms with Gasteiger partial charge < -0.3 is 45.4 Å². The summed E-state index contributed by atoms with van der Waals surface area (Å²) < 4.78 is 13.4. The Hall–Kier alpha value is -3.86.